The third kappa shape index (κ3) is 4.39. The number of nitrogens with zero attached hydrogens (tertiary/aromatic N) is 3. The number of rotatable bonds is 6. The molecule has 2 aromatic carbocycles. The van der Waals surface area contributed by atoms with E-state index in [1.165, 1.54) is 4.90 Å². The summed E-state index contributed by atoms with van der Waals surface area (Å²) in [5.74, 6) is -0.459. The van der Waals surface area contributed by atoms with Gasteiger partial charge in [-0.25, -0.2) is 9.69 Å². The molecule has 0 aliphatic carbocycles. The number of nitriles is 1. The van der Waals surface area contributed by atoms with Gasteiger partial charge in [-0.15, -0.1) is 0 Å². The second-order valence-corrected chi connectivity index (χ2v) is 5.94. The summed E-state index contributed by atoms with van der Waals surface area (Å²) >= 11 is 0. The zero-order chi connectivity index (χ0) is 19.1. The van der Waals surface area contributed by atoms with Crippen molar-refractivity contribution in [3.8, 4) is 6.19 Å². The number of anilines is 1. The second-order valence-electron chi connectivity index (χ2n) is 5.94. The Bertz CT molecular complexity index is 814. The number of hydrogen-bond acceptors (Lipinski definition) is 3. The maximum atomic E-state index is 13.0. The largest absolute Gasteiger partial charge is 0.351 e. The highest BCUT2D eigenvalue weighted by molar-refractivity contribution is 5.99. The summed E-state index contributed by atoms with van der Waals surface area (Å²) in [4.78, 5) is 27.5. The predicted octanol–water partition coefficient (Wildman–Crippen LogP) is 2.82. The molecular formula is C20H22N4O2. The van der Waals surface area contributed by atoms with Crippen molar-refractivity contribution in [1.29, 1.82) is 5.26 Å². The van der Waals surface area contributed by atoms with Crippen molar-refractivity contribution in [2.45, 2.75) is 26.3 Å². The quantitative estimate of drug-likeness (QED) is 0.641. The average molecular weight is 350 g/mol. The van der Waals surface area contributed by atoms with Crippen LogP contribution < -0.4 is 10.6 Å². The summed E-state index contributed by atoms with van der Waals surface area (Å²) in [6.07, 6.45) is 2.14. The molecule has 0 saturated heterocycles. The Morgan fingerprint density at radius 2 is 1.85 bits per heavy atom. The van der Waals surface area contributed by atoms with Crippen molar-refractivity contribution in [3.63, 3.8) is 0 Å². The molecule has 0 aliphatic rings. The molecule has 2 N–H and O–H groups in total. The number of carbonyl (C=O) groups is 2. The summed E-state index contributed by atoms with van der Waals surface area (Å²) in [6.45, 7) is 3.83. The van der Waals surface area contributed by atoms with Crippen LogP contribution in [0.4, 0.5) is 10.5 Å². The number of benzene rings is 2. The molecule has 1 unspecified atom stereocenters. The van der Waals surface area contributed by atoms with E-state index < -0.39 is 18.0 Å². The van der Waals surface area contributed by atoms with Crippen molar-refractivity contribution >= 4 is 17.6 Å². The number of primary amides is 1. The van der Waals surface area contributed by atoms with Crippen LogP contribution in [0, 0.1) is 18.4 Å². The van der Waals surface area contributed by atoms with Crippen molar-refractivity contribution in [1.82, 2.24) is 4.90 Å². The lowest BCUT2D eigenvalue weighted by Crippen LogP contribution is -2.53. The van der Waals surface area contributed by atoms with Crippen LogP contribution in [-0.4, -0.2) is 29.4 Å². The Morgan fingerprint density at radius 1 is 1.15 bits per heavy atom. The van der Waals surface area contributed by atoms with E-state index in [9.17, 15) is 14.9 Å². The first-order chi connectivity index (χ1) is 12.5. The molecule has 0 heterocycles. The third-order valence-electron chi connectivity index (χ3n) is 4.09. The number of amides is 3. The Morgan fingerprint density at radius 3 is 2.38 bits per heavy atom. The van der Waals surface area contributed by atoms with Gasteiger partial charge in [-0.1, -0.05) is 42.5 Å². The molecule has 0 aromatic heterocycles. The van der Waals surface area contributed by atoms with Crippen LogP contribution in [0.1, 0.15) is 18.1 Å². The Balaban J connectivity index is 2.50. The van der Waals surface area contributed by atoms with E-state index in [0.717, 1.165) is 16.0 Å². The molecule has 0 fully saturated rings. The number of urea groups is 1. The zero-order valence-corrected chi connectivity index (χ0v) is 14.9. The first-order valence-corrected chi connectivity index (χ1v) is 8.38. The number of likely N-dealkylation sites (N-methyl/N-ethyl adjacent to an activating group) is 1. The van der Waals surface area contributed by atoms with Gasteiger partial charge in [0, 0.05) is 18.7 Å². The maximum Gasteiger partial charge on any atom is 0.320 e. The van der Waals surface area contributed by atoms with Crippen LogP contribution >= 0.6 is 0 Å². The van der Waals surface area contributed by atoms with Gasteiger partial charge in [-0.3, -0.25) is 9.69 Å². The Labute approximate surface area is 153 Å². The van der Waals surface area contributed by atoms with E-state index in [2.05, 4.69) is 0 Å². The molecule has 1 atom stereocenters. The third-order valence-corrected chi connectivity index (χ3v) is 4.09. The molecular weight excluding hydrogens is 328 g/mol. The number of nitrogens with two attached hydrogens (primary N) is 1. The smallest absolute Gasteiger partial charge is 0.320 e. The summed E-state index contributed by atoms with van der Waals surface area (Å²) in [5.41, 5.74) is 7.97. The van der Waals surface area contributed by atoms with Gasteiger partial charge in [0.05, 0.1) is 0 Å². The van der Waals surface area contributed by atoms with Gasteiger partial charge < -0.3 is 5.73 Å². The average Bonchev–Trinajstić information content (AvgIpc) is 2.62. The fraction of sp³-hybridized carbons (Fsp3) is 0.250. The van der Waals surface area contributed by atoms with Gasteiger partial charge in [0.15, 0.2) is 6.19 Å². The highest BCUT2D eigenvalue weighted by atomic mass is 16.2. The highest BCUT2D eigenvalue weighted by Gasteiger charge is 2.33. The maximum absolute atomic E-state index is 13.0. The van der Waals surface area contributed by atoms with Gasteiger partial charge in [0.25, 0.3) is 5.91 Å². The summed E-state index contributed by atoms with van der Waals surface area (Å²) in [7, 11) is 0. The van der Waals surface area contributed by atoms with Crippen molar-refractivity contribution in [3.05, 3.63) is 65.7 Å². The number of hydrogen-bond donors (Lipinski definition) is 1. The standard InChI is InChI=1S/C20H22N4O2/c1-3-23(14-21)19(25)18(13-16-9-5-4-6-10-16)24(20(22)26)17-11-7-8-15(2)12-17/h4-12,18H,3,13H2,1-2H3,(H2,22,26). The van der Waals surface area contributed by atoms with Crippen LogP contribution in [0.2, 0.25) is 0 Å². The number of carbonyl (C=O) groups excluding carboxylic acids is 2. The molecule has 6 heteroatoms. The van der Waals surface area contributed by atoms with Crippen LogP contribution in [-0.2, 0) is 11.2 Å². The van der Waals surface area contributed by atoms with E-state index in [4.69, 9.17) is 5.73 Å². The van der Waals surface area contributed by atoms with Crippen molar-refractivity contribution in [2.24, 2.45) is 5.73 Å². The van der Waals surface area contributed by atoms with E-state index in [1.807, 2.05) is 49.5 Å². The van der Waals surface area contributed by atoms with Gasteiger partial charge in [-0.05, 0) is 37.1 Å². The first kappa shape index (κ1) is 19.0. The van der Waals surface area contributed by atoms with Crippen LogP contribution in [0.15, 0.2) is 54.6 Å². The van der Waals surface area contributed by atoms with Crippen molar-refractivity contribution < 1.29 is 9.59 Å². The molecule has 0 bridgehead atoms. The minimum absolute atomic E-state index is 0.223. The molecule has 26 heavy (non-hydrogen) atoms. The van der Waals surface area contributed by atoms with Gasteiger partial charge in [0.1, 0.15) is 6.04 Å². The Hall–Kier alpha value is -3.33. The lowest BCUT2D eigenvalue weighted by molar-refractivity contribution is -0.129. The first-order valence-electron chi connectivity index (χ1n) is 8.38. The second kappa shape index (κ2) is 8.67. The molecule has 0 aliphatic heterocycles. The monoisotopic (exact) mass is 350 g/mol. The van der Waals surface area contributed by atoms with Gasteiger partial charge in [-0.2, -0.15) is 5.26 Å². The van der Waals surface area contributed by atoms with Gasteiger partial charge >= 0.3 is 6.03 Å². The lowest BCUT2D eigenvalue weighted by Gasteiger charge is -2.31. The van der Waals surface area contributed by atoms with Crippen molar-refractivity contribution in [2.75, 3.05) is 11.4 Å². The van der Waals surface area contributed by atoms with Gasteiger partial charge in [0.2, 0.25) is 0 Å². The molecule has 2 aromatic rings. The van der Waals surface area contributed by atoms with E-state index >= 15 is 0 Å². The Kier molecular flexibility index (Phi) is 6.34. The van der Waals surface area contributed by atoms with Crippen LogP contribution in [0.3, 0.4) is 0 Å². The molecule has 3 amide bonds. The summed E-state index contributed by atoms with van der Waals surface area (Å²) < 4.78 is 0. The fourth-order valence-electron chi connectivity index (χ4n) is 2.82. The molecule has 6 nitrogen and oxygen atoms in total. The van der Waals surface area contributed by atoms with E-state index in [0.29, 0.717) is 5.69 Å². The van der Waals surface area contributed by atoms with Crippen LogP contribution in [0.25, 0.3) is 0 Å². The summed E-state index contributed by atoms with van der Waals surface area (Å²) in [5, 5.41) is 9.27. The molecule has 2 rings (SSSR count). The SMILES string of the molecule is CCN(C#N)C(=O)C(Cc1ccccc1)N(C(N)=O)c1cccc(C)c1. The number of aryl methyl sites for hydroxylation is 1. The topological polar surface area (TPSA) is 90.4 Å². The fourth-order valence-corrected chi connectivity index (χ4v) is 2.82. The molecule has 0 radical (unpaired) electrons. The lowest BCUT2D eigenvalue weighted by atomic mass is 10.0. The minimum Gasteiger partial charge on any atom is -0.351 e. The summed E-state index contributed by atoms with van der Waals surface area (Å²) in [6, 6.07) is 14.9. The van der Waals surface area contributed by atoms with Crippen LogP contribution in [0.5, 0.6) is 0 Å². The zero-order valence-electron chi connectivity index (χ0n) is 14.9. The predicted molar refractivity (Wildman–Crippen MR) is 100 cm³/mol. The molecule has 134 valence electrons. The highest BCUT2D eigenvalue weighted by Crippen LogP contribution is 2.22. The minimum atomic E-state index is -0.906. The van der Waals surface area contributed by atoms with E-state index in [1.54, 1.807) is 25.1 Å². The normalized spacial score (nSPS) is 11.3. The molecule has 0 spiro atoms. The molecule has 0 saturated carbocycles. The van der Waals surface area contributed by atoms with E-state index in [-0.39, 0.29) is 13.0 Å².